The highest BCUT2D eigenvalue weighted by atomic mass is 19.1. The molecule has 0 spiro atoms. The third-order valence-electron chi connectivity index (χ3n) is 4.40. The van der Waals surface area contributed by atoms with E-state index in [1.165, 1.54) is 6.07 Å². The Kier molecular flexibility index (Phi) is 3.84. The number of aromatic nitrogens is 1. The Balaban J connectivity index is 1.56. The van der Waals surface area contributed by atoms with Gasteiger partial charge in [-0.25, -0.2) is 4.39 Å². The highest BCUT2D eigenvalue weighted by Crippen LogP contribution is 2.32. The number of rotatable bonds is 4. The number of fused-ring (bicyclic) bond motifs is 2. The van der Waals surface area contributed by atoms with Crippen LogP contribution in [0.25, 0.3) is 10.9 Å². The Hall–Kier alpha value is -3.35. The molecule has 0 bridgehead atoms. The summed E-state index contributed by atoms with van der Waals surface area (Å²) in [6, 6.07) is 11.5. The molecule has 132 valence electrons. The van der Waals surface area contributed by atoms with E-state index in [1.54, 1.807) is 47.2 Å². The van der Waals surface area contributed by atoms with Crippen molar-refractivity contribution in [1.29, 1.82) is 0 Å². The number of carboxylic acid groups (broad SMARTS) is 1. The zero-order valence-electron chi connectivity index (χ0n) is 13.6. The minimum absolute atomic E-state index is 0.165. The third-order valence-corrected chi connectivity index (χ3v) is 4.40. The van der Waals surface area contributed by atoms with Crippen molar-refractivity contribution in [3.05, 3.63) is 60.0 Å². The summed E-state index contributed by atoms with van der Waals surface area (Å²) >= 11 is 0. The van der Waals surface area contributed by atoms with Gasteiger partial charge in [-0.15, -0.1) is 0 Å². The molecule has 0 saturated carbocycles. The van der Waals surface area contributed by atoms with Crippen LogP contribution >= 0.6 is 0 Å². The van der Waals surface area contributed by atoms with E-state index in [0.717, 1.165) is 5.39 Å². The van der Waals surface area contributed by atoms with Crippen LogP contribution in [-0.4, -0.2) is 27.7 Å². The number of hydrogen-bond donors (Lipinski definition) is 2. The Bertz CT molecular complexity index is 1030. The van der Waals surface area contributed by atoms with E-state index >= 15 is 0 Å². The van der Waals surface area contributed by atoms with Crippen LogP contribution in [0.5, 0.6) is 5.75 Å². The van der Waals surface area contributed by atoms with Gasteiger partial charge in [-0.1, -0.05) is 12.1 Å². The Morgan fingerprint density at radius 3 is 2.81 bits per heavy atom. The van der Waals surface area contributed by atoms with Crippen molar-refractivity contribution in [2.75, 3.05) is 5.32 Å². The average molecular weight is 354 g/mol. The van der Waals surface area contributed by atoms with E-state index in [4.69, 9.17) is 9.84 Å². The largest absolute Gasteiger partial charge is 0.480 e. The number of ether oxygens (including phenoxy) is 1. The Labute approximate surface area is 147 Å². The molecule has 0 radical (unpaired) electrons. The van der Waals surface area contributed by atoms with Gasteiger partial charge in [0.2, 0.25) is 0 Å². The molecule has 3 aromatic rings. The molecule has 1 amide bonds. The van der Waals surface area contributed by atoms with Gasteiger partial charge in [-0.3, -0.25) is 9.59 Å². The van der Waals surface area contributed by atoms with E-state index in [-0.39, 0.29) is 24.7 Å². The van der Waals surface area contributed by atoms with Gasteiger partial charge < -0.3 is 19.7 Å². The summed E-state index contributed by atoms with van der Waals surface area (Å²) < 4.78 is 21.0. The van der Waals surface area contributed by atoms with Gasteiger partial charge in [0.1, 0.15) is 18.1 Å². The molecular formula is C19H15FN2O4. The molecule has 1 aliphatic rings. The zero-order valence-corrected chi connectivity index (χ0v) is 13.6. The van der Waals surface area contributed by atoms with Crippen LogP contribution in [0.15, 0.2) is 48.7 Å². The molecule has 0 fully saturated rings. The van der Waals surface area contributed by atoms with Gasteiger partial charge in [0.05, 0.1) is 11.2 Å². The molecule has 0 saturated heterocycles. The molecule has 1 aromatic heterocycles. The molecule has 6 nitrogen and oxygen atoms in total. The number of nitrogens with zero attached hydrogens (tertiary/aromatic N) is 1. The zero-order chi connectivity index (χ0) is 18.3. The number of nitrogens with one attached hydrogen (secondary N) is 1. The van der Waals surface area contributed by atoms with Gasteiger partial charge in [0.25, 0.3) is 5.91 Å². The van der Waals surface area contributed by atoms with Crippen molar-refractivity contribution in [2.24, 2.45) is 0 Å². The summed E-state index contributed by atoms with van der Waals surface area (Å²) in [5.41, 5.74) is 1.65. The standard InChI is InChI=1S/C19H15FN2O4/c20-13-3-1-6-16-12(13)9-17(26-16)19(25)21-14-4-2-5-15-11(14)7-8-22(15)10-18(23)24/h1-8,17H,9-10H2,(H,21,25)(H,23,24). The van der Waals surface area contributed by atoms with E-state index in [1.807, 2.05) is 0 Å². The molecule has 1 atom stereocenters. The van der Waals surface area contributed by atoms with Crippen LogP contribution in [0.1, 0.15) is 5.56 Å². The summed E-state index contributed by atoms with van der Waals surface area (Å²) in [5.74, 6) is -1.32. The smallest absolute Gasteiger partial charge is 0.323 e. The minimum Gasteiger partial charge on any atom is -0.480 e. The normalized spacial score (nSPS) is 15.5. The third kappa shape index (κ3) is 2.77. The second-order valence-electron chi connectivity index (χ2n) is 6.09. The number of halogens is 1. The molecule has 4 rings (SSSR count). The van der Waals surface area contributed by atoms with Gasteiger partial charge in [0, 0.05) is 23.6 Å². The first kappa shape index (κ1) is 16.1. The highest BCUT2D eigenvalue weighted by Gasteiger charge is 2.31. The van der Waals surface area contributed by atoms with Crippen molar-refractivity contribution in [3.8, 4) is 5.75 Å². The number of benzene rings is 2. The molecule has 1 aliphatic heterocycles. The molecule has 26 heavy (non-hydrogen) atoms. The fourth-order valence-corrected chi connectivity index (χ4v) is 3.20. The van der Waals surface area contributed by atoms with Crippen LogP contribution < -0.4 is 10.1 Å². The summed E-state index contributed by atoms with van der Waals surface area (Å²) in [6.07, 6.45) is 1.02. The highest BCUT2D eigenvalue weighted by molar-refractivity contribution is 6.03. The topological polar surface area (TPSA) is 80.6 Å². The number of carbonyl (C=O) groups excluding carboxylic acids is 1. The van der Waals surface area contributed by atoms with E-state index < -0.39 is 12.1 Å². The summed E-state index contributed by atoms with van der Waals surface area (Å²) in [4.78, 5) is 23.5. The maximum atomic E-state index is 13.8. The maximum absolute atomic E-state index is 13.8. The molecule has 1 unspecified atom stereocenters. The fourth-order valence-electron chi connectivity index (χ4n) is 3.20. The Morgan fingerprint density at radius 1 is 1.23 bits per heavy atom. The van der Waals surface area contributed by atoms with Crippen molar-refractivity contribution in [1.82, 2.24) is 4.57 Å². The lowest BCUT2D eigenvalue weighted by Gasteiger charge is -2.12. The van der Waals surface area contributed by atoms with E-state index in [0.29, 0.717) is 22.5 Å². The molecular weight excluding hydrogens is 339 g/mol. The Morgan fingerprint density at radius 2 is 2.04 bits per heavy atom. The van der Waals surface area contributed by atoms with Crippen molar-refractivity contribution in [3.63, 3.8) is 0 Å². The van der Waals surface area contributed by atoms with Gasteiger partial charge in [0.15, 0.2) is 6.10 Å². The summed E-state index contributed by atoms with van der Waals surface area (Å²) in [7, 11) is 0. The van der Waals surface area contributed by atoms with Crippen LogP contribution in [0.4, 0.5) is 10.1 Å². The minimum atomic E-state index is -0.948. The van der Waals surface area contributed by atoms with Crippen molar-refractivity contribution in [2.45, 2.75) is 19.1 Å². The average Bonchev–Trinajstić information content (AvgIpc) is 3.21. The molecule has 0 aliphatic carbocycles. The fraction of sp³-hybridized carbons (Fsp3) is 0.158. The molecule has 2 N–H and O–H groups in total. The number of amides is 1. The SMILES string of the molecule is O=C(O)Cn1ccc2c(NC(=O)C3Cc4c(F)cccc4O3)cccc21. The van der Waals surface area contributed by atoms with Crippen molar-refractivity contribution < 1.29 is 23.8 Å². The van der Waals surface area contributed by atoms with Gasteiger partial charge in [-0.05, 0) is 30.3 Å². The number of hydrogen-bond acceptors (Lipinski definition) is 3. The lowest BCUT2D eigenvalue weighted by Crippen LogP contribution is -2.31. The predicted molar refractivity (Wildman–Crippen MR) is 92.7 cm³/mol. The predicted octanol–water partition coefficient (Wildman–Crippen LogP) is 2.81. The second kappa shape index (κ2) is 6.18. The quantitative estimate of drug-likeness (QED) is 0.755. The van der Waals surface area contributed by atoms with Gasteiger partial charge in [-0.2, -0.15) is 0 Å². The first-order valence-corrected chi connectivity index (χ1v) is 8.07. The number of carbonyl (C=O) groups is 2. The first-order valence-electron chi connectivity index (χ1n) is 8.07. The monoisotopic (exact) mass is 354 g/mol. The summed E-state index contributed by atoms with van der Waals surface area (Å²) in [5, 5.41) is 12.5. The maximum Gasteiger partial charge on any atom is 0.323 e. The van der Waals surface area contributed by atoms with Crippen LogP contribution in [0.3, 0.4) is 0 Å². The first-order chi connectivity index (χ1) is 12.5. The molecule has 2 aromatic carbocycles. The molecule has 2 heterocycles. The summed E-state index contributed by atoms with van der Waals surface area (Å²) in [6.45, 7) is -0.165. The lowest BCUT2D eigenvalue weighted by atomic mass is 10.1. The number of aliphatic carboxylic acids is 1. The van der Waals surface area contributed by atoms with Gasteiger partial charge >= 0.3 is 5.97 Å². The van der Waals surface area contributed by atoms with E-state index in [2.05, 4.69) is 5.32 Å². The number of carboxylic acids is 1. The molecule has 7 heteroatoms. The van der Waals surface area contributed by atoms with Crippen LogP contribution in [0, 0.1) is 5.82 Å². The van der Waals surface area contributed by atoms with Crippen LogP contribution in [0.2, 0.25) is 0 Å². The number of anilines is 1. The van der Waals surface area contributed by atoms with Crippen molar-refractivity contribution >= 4 is 28.5 Å². The van der Waals surface area contributed by atoms with E-state index in [9.17, 15) is 14.0 Å². The second-order valence-corrected chi connectivity index (χ2v) is 6.09. The lowest BCUT2D eigenvalue weighted by molar-refractivity contribution is -0.137. The van der Waals surface area contributed by atoms with Crippen LogP contribution in [-0.2, 0) is 22.6 Å².